The number of pyridine rings is 1. The van der Waals surface area contributed by atoms with Crippen molar-refractivity contribution in [3.63, 3.8) is 0 Å². The van der Waals surface area contributed by atoms with Gasteiger partial charge in [0.15, 0.2) is 0 Å². The second-order valence-electron chi connectivity index (χ2n) is 4.42. The Hall–Kier alpha value is -0.780. The molecule has 1 aliphatic rings. The number of aromatic nitrogens is 1. The SMILES string of the molecule is CCSc1cc(C(=O)N2CCN[C@H](C)C2)ccn1.Cl. The average molecular weight is 302 g/mol. The summed E-state index contributed by atoms with van der Waals surface area (Å²) in [5.41, 5.74) is 0.745. The van der Waals surface area contributed by atoms with E-state index in [4.69, 9.17) is 0 Å². The van der Waals surface area contributed by atoms with Crippen molar-refractivity contribution in [2.24, 2.45) is 0 Å². The van der Waals surface area contributed by atoms with Gasteiger partial charge in [-0.3, -0.25) is 4.79 Å². The predicted molar refractivity (Wildman–Crippen MR) is 81.3 cm³/mol. The summed E-state index contributed by atoms with van der Waals surface area (Å²) >= 11 is 1.66. The second-order valence-corrected chi connectivity index (χ2v) is 5.71. The number of amides is 1. The summed E-state index contributed by atoms with van der Waals surface area (Å²) < 4.78 is 0. The molecule has 0 aliphatic carbocycles. The molecule has 0 aromatic carbocycles. The molecule has 19 heavy (non-hydrogen) atoms. The Labute approximate surface area is 124 Å². The van der Waals surface area contributed by atoms with Crippen LogP contribution in [0.5, 0.6) is 0 Å². The molecule has 0 unspecified atom stereocenters. The predicted octanol–water partition coefficient (Wildman–Crippen LogP) is 2.05. The Morgan fingerprint density at radius 1 is 1.63 bits per heavy atom. The highest BCUT2D eigenvalue weighted by Gasteiger charge is 2.21. The Kier molecular flexibility index (Phi) is 6.62. The number of rotatable bonds is 3. The number of piperazine rings is 1. The smallest absolute Gasteiger partial charge is 0.254 e. The van der Waals surface area contributed by atoms with Crippen molar-refractivity contribution in [3.8, 4) is 0 Å². The molecule has 1 aromatic rings. The van der Waals surface area contributed by atoms with Gasteiger partial charge in [-0.15, -0.1) is 24.2 Å². The van der Waals surface area contributed by atoms with Crippen LogP contribution in [0.25, 0.3) is 0 Å². The monoisotopic (exact) mass is 301 g/mol. The number of halogens is 1. The maximum atomic E-state index is 12.4. The largest absolute Gasteiger partial charge is 0.336 e. The van der Waals surface area contributed by atoms with Crippen LogP contribution in [0, 0.1) is 0 Å². The van der Waals surface area contributed by atoms with Gasteiger partial charge in [0, 0.05) is 37.4 Å². The molecule has 106 valence electrons. The van der Waals surface area contributed by atoms with Crippen LogP contribution >= 0.6 is 24.2 Å². The Bertz CT molecular complexity index is 430. The van der Waals surface area contributed by atoms with E-state index in [-0.39, 0.29) is 18.3 Å². The number of hydrogen-bond acceptors (Lipinski definition) is 4. The van der Waals surface area contributed by atoms with Gasteiger partial charge in [-0.1, -0.05) is 6.92 Å². The standard InChI is InChI=1S/C13H19N3OS.ClH/c1-3-18-12-8-11(4-5-15-12)13(17)16-7-6-14-10(2)9-16;/h4-5,8,10,14H,3,6-7,9H2,1-2H3;1H/t10-;/m1./s1. The van der Waals surface area contributed by atoms with Gasteiger partial charge in [-0.05, 0) is 24.8 Å². The fourth-order valence-corrected chi connectivity index (χ4v) is 2.71. The van der Waals surface area contributed by atoms with Gasteiger partial charge >= 0.3 is 0 Å². The summed E-state index contributed by atoms with van der Waals surface area (Å²) in [7, 11) is 0. The normalized spacial score (nSPS) is 18.8. The first-order valence-electron chi connectivity index (χ1n) is 6.32. The van der Waals surface area contributed by atoms with E-state index in [9.17, 15) is 4.79 Å². The highest BCUT2D eigenvalue weighted by atomic mass is 35.5. The summed E-state index contributed by atoms with van der Waals surface area (Å²) in [6.07, 6.45) is 1.72. The summed E-state index contributed by atoms with van der Waals surface area (Å²) in [5, 5.41) is 4.26. The number of carbonyl (C=O) groups is 1. The van der Waals surface area contributed by atoms with Crippen molar-refractivity contribution in [2.75, 3.05) is 25.4 Å². The quantitative estimate of drug-likeness (QED) is 0.868. The van der Waals surface area contributed by atoms with Crippen LogP contribution in [0.15, 0.2) is 23.4 Å². The molecule has 6 heteroatoms. The first-order chi connectivity index (χ1) is 8.70. The van der Waals surface area contributed by atoms with Gasteiger partial charge in [0.2, 0.25) is 0 Å². The van der Waals surface area contributed by atoms with Crippen molar-refractivity contribution in [3.05, 3.63) is 23.9 Å². The van der Waals surface area contributed by atoms with Crippen molar-refractivity contribution >= 4 is 30.1 Å². The van der Waals surface area contributed by atoms with E-state index in [1.54, 1.807) is 24.0 Å². The molecular weight excluding hydrogens is 282 g/mol. The lowest BCUT2D eigenvalue weighted by molar-refractivity contribution is 0.0708. The lowest BCUT2D eigenvalue weighted by Gasteiger charge is -2.32. The highest BCUT2D eigenvalue weighted by molar-refractivity contribution is 7.99. The number of nitrogens with one attached hydrogen (secondary N) is 1. The molecule has 1 aliphatic heterocycles. The topological polar surface area (TPSA) is 45.2 Å². The molecule has 1 aromatic heterocycles. The minimum atomic E-state index is 0. The van der Waals surface area contributed by atoms with E-state index in [1.807, 2.05) is 11.0 Å². The summed E-state index contributed by atoms with van der Waals surface area (Å²) in [4.78, 5) is 18.5. The van der Waals surface area contributed by atoms with Crippen molar-refractivity contribution in [1.82, 2.24) is 15.2 Å². The van der Waals surface area contributed by atoms with E-state index >= 15 is 0 Å². The number of carbonyl (C=O) groups excluding carboxylic acids is 1. The van der Waals surface area contributed by atoms with Gasteiger partial charge in [0.1, 0.15) is 0 Å². The molecule has 1 atom stereocenters. The Balaban J connectivity index is 0.00000180. The maximum Gasteiger partial charge on any atom is 0.254 e. The van der Waals surface area contributed by atoms with Crippen LogP contribution in [0.2, 0.25) is 0 Å². The van der Waals surface area contributed by atoms with Gasteiger partial charge in [0.05, 0.1) is 5.03 Å². The number of hydrogen-bond donors (Lipinski definition) is 1. The third-order valence-electron chi connectivity index (χ3n) is 2.93. The molecule has 1 fully saturated rings. The van der Waals surface area contributed by atoms with Crippen molar-refractivity contribution < 1.29 is 4.79 Å². The molecule has 0 saturated carbocycles. The maximum absolute atomic E-state index is 12.4. The number of thioether (sulfide) groups is 1. The molecule has 1 amide bonds. The zero-order valence-electron chi connectivity index (χ0n) is 11.3. The third kappa shape index (κ3) is 4.37. The molecule has 1 N–H and O–H groups in total. The van der Waals surface area contributed by atoms with Crippen LogP contribution in [0.3, 0.4) is 0 Å². The first-order valence-corrected chi connectivity index (χ1v) is 7.30. The molecule has 1 saturated heterocycles. The van der Waals surface area contributed by atoms with Crippen molar-refractivity contribution in [1.29, 1.82) is 0 Å². The van der Waals surface area contributed by atoms with Gasteiger partial charge in [-0.25, -0.2) is 4.98 Å². The molecule has 0 spiro atoms. The summed E-state index contributed by atoms with van der Waals surface area (Å²) in [5.74, 6) is 1.08. The Morgan fingerprint density at radius 2 is 2.42 bits per heavy atom. The van der Waals surface area contributed by atoms with Gasteiger partial charge in [-0.2, -0.15) is 0 Å². The average Bonchev–Trinajstić information content (AvgIpc) is 2.39. The van der Waals surface area contributed by atoms with Crippen LogP contribution in [-0.4, -0.2) is 47.2 Å². The molecule has 2 heterocycles. The fourth-order valence-electron chi connectivity index (χ4n) is 2.07. The lowest BCUT2D eigenvalue weighted by Crippen LogP contribution is -2.51. The molecule has 0 bridgehead atoms. The van der Waals surface area contributed by atoms with E-state index in [2.05, 4.69) is 24.1 Å². The van der Waals surface area contributed by atoms with Gasteiger partial charge in [0.25, 0.3) is 5.91 Å². The number of nitrogens with zero attached hydrogens (tertiary/aromatic N) is 2. The minimum Gasteiger partial charge on any atom is -0.336 e. The molecule has 0 radical (unpaired) electrons. The van der Waals surface area contributed by atoms with Crippen LogP contribution in [-0.2, 0) is 0 Å². The summed E-state index contributed by atoms with van der Waals surface area (Å²) in [6, 6.07) is 4.06. The van der Waals surface area contributed by atoms with E-state index in [1.165, 1.54) is 0 Å². The van der Waals surface area contributed by atoms with Crippen LogP contribution in [0.1, 0.15) is 24.2 Å². The summed E-state index contributed by atoms with van der Waals surface area (Å²) in [6.45, 7) is 6.61. The fraction of sp³-hybridized carbons (Fsp3) is 0.538. The highest BCUT2D eigenvalue weighted by Crippen LogP contribution is 2.17. The molecular formula is C13H20ClN3OS. The zero-order chi connectivity index (χ0) is 13.0. The molecule has 4 nitrogen and oxygen atoms in total. The van der Waals surface area contributed by atoms with Crippen LogP contribution in [0.4, 0.5) is 0 Å². The third-order valence-corrected chi connectivity index (χ3v) is 3.74. The minimum absolute atomic E-state index is 0. The van der Waals surface area contributed by atoms with E-state index < -0.39 is 0 Å². The van der Waals surface area contributed by atoms with E-state index in [0.29, 0.717) is 6.04 Å². The van der Waals surface area contributed by atoms with E-state index in [0.717, 1.165) is 36.0 Å². The van der Waals surface area contributed by atoms with Crippen LogP contribution < -0.4 is 5.32 Å². The second kappa shape index (κ2) is 7.72. The lowest BCUT2D eigenvalue weighted by atomic mass is 10.2. The first kappa shape index (κ1) is 16.3. The zero-order valence-corrected chi connectivity index (χ0v) is 12.9. The Morgan fingerprint density at radius 3 is 3.11 bits per heavy atom. The van der Waals surface area contributed by atoms with Gasteiger partial charge < -0.3 is 10.2 Å². The molecule has 2 rings (SSSR count). The van der Waals surface area contributed by atoms with Crippen molar-refractivity contribution in [2.45, 2.75) is 24.9 Å².